The number of phenols is 2. The molecule has 0 bridgehead atoms. The van der Waals surface area contributed by atoms with Crippen molar-refractivity contribution in [2.45, 2.75) is 5.33 Å². The van der Waals surface area contributed by atoms with Crippen LogP contribution in [0.2, 0.25) is 0 Å². The van der Waals surface area contributed by atoms with E-state index in [-0.39, 0.29) is 17.1 Å². The highest BCUT2D eigenvalue weighted by Gasteiger charge is 2.12. The van der Waals surface area contributed by atoms with Crippen molar-refractivity contribution in [2.24, 2.45) is 0 Å². The summed E-state index contributed by atoms with van der Waals surface area (Å²) in [6, 6.07) is 19.3. The van der Waals surface area contributed by atoms with Gasteiger partial charge in [-0.1, -0.05) is 40.2 Å². The zero-order valence-electron chi connectivity index (χ0n) is 14.3. The van der Waals surface area contributed by atoms with E-state index in [0.29, 0.717) is 10.8 Å². The number of halogens is 1. The number of nitrogens with zero attached hydrogens (tertiary/aromatic N) is 1. The van der Waals surface area contributed by atoms with Crippen LogP contribution < -0.4 is 5.56 Å². The van der Waals surface area contributed by atoms with Crippen LogP contribution in [0.1, 0.15) is 5.56 Å². The lowest BCUT2D eigenvalue weighted by molar-refractivity contribution is 0.475. The Morgan fingerprint density at radius 3 is 2.15 bits per heavy atom. The van der Waals surface area contributed by atoms with Gasteiger partial charge in [-0.15, -0.1) is 0 Å². The molecule has 0 amide bonds. The number of hydrogen-bond donors (Lipinski definition) is 2. The second-order valence-corrected chi connectivity index (χ2v) is 6.86. The van der Waals surface area contributed by atoms with E-state index >= 15 is 0 Å². The molecule has 0 aliphatic heterocycles. The molecule has 0 atom stereocenters. The summed E-state index contributed by atoms with van der Waals surface area (Å²) in [6.45, 7) is 0. The van der Waals surface area contributed by atoms with Gasteiger partial charge in [0.2, 0.25) is 0 Å². The van der Waals surface area contributed by atoms with Crippen LogP contribution in [0.4, 0.5) is 0 Å². The molecule has 0 fully saturated rings. The Hall–Kier alpha value is -3.05. The molecule has 0 aliphatic rings. The van der Waals surface area contributed by atoms with Gasteiger partial charge in [-0.05, 0) is 53.6 Å². The summed E-state index contributed by atoms with van der Waals surface area (Å²) in [5.41, 5.74) is 3.37. The lowest BCUT2D eigenvalue weighted by Gasteiger charge is -2.13. The van der Waals surface area contributed by atoms with Gasteiger partial charge >= 0.3 is 0 Å². The molecule has 0 unspecified atom stereocenters. The Morgan fingerprint density at radius 1 is 0.815 bits per heavy atom. The van der Waals surface area contributed by atoms with Gasteiger partial charge < -0.3 is 10.2 Å². The Bertz CT molecular complexity index is 1180. The summed E-state index contributed by atoms with van der Waals surface area (Å²) in [6.07, 6.45) is 1.78. The van der Waals surface area contributed by atoms with E-state index in [4.69, 9.17) is 0 Å². The summed E-state index contributed by atoms with van der Waals surface area (Å²) in [5.74, 6) is 0.269. The lowest BCUT2D eigenvalue weighted by Crippen LogP contribution is -2.18. The summed E-state index contributed by atoms with van der Waals surface area (Å²) in [5, 5.41) is 21.4. The van der Waals surface area contributed by atoms with Gasteiger partial charge in [-0.2, -0.15) is 0 Å². The van der Waals surface area contributed by atoms with Crippen LogP contribution >= 0.6 is 15.9 Å². The van der Waals surface area contributed by atoms with Crippen molar-refractivity contribution in [3.63, 3.8) is 0 Å². The van der Waals surface area contributed by atoms with Crippen LogP contribution in [-0.4, -0.2) is 14.8 Å². The van der Waals surface area contributed by atoms with Crippen LogP contribution in [0.3, 0.4) is 0 Å². The standard InChI is InChI=1S/C22H16BrNO3/c23-12-14-1-5-16(6-2-14)24-13-21(15-3-7-17(25)8-4-15)20-11-18(26)9-10-19(20)22(24)27/h1-11,13,25-26H,12H2. The molecular formula is C22H16BrNO3. The first kappa shape index (κ1) is 17.4. The molecule has 1 aromatic heterocycles. The molecule has 134 valence electrons. The Morgan fingerprint density at radius 2 is 1.48 bits per heavy atom. The maximum atomic E-state index is 13.1. The van der Waals surface area contributed by atoms with E-state index < -0.39 is 0 Å². The predicted molar refractivity (Wildman–Crippen MR) is 111 cm³/mol. The SMILES string of the molecule is O=c1c2ccc(O)cc2c(-c2ccc(O)cc2)cn1-c1ccc(CBr)cc1. The van der Waals surface area contributed by atoms with Gasteiger partial charge in [0.05, 0.1) is 0 Å². The number of hydrogen-bond acceptors (Lipinski definition) is 3. The zero-order valence-corrected chi connectivity index (χ0v) is 15.8. The van der Waals surface area contributed by atoms with Crippen molar-refractivity contribution in [1.29, 1.82) is 0 Å². The van der Waals surface area contributed by atoms with Crippen LogP contribution in [0.5, 0.6) is 11.5 Å². The Balaban J connectivity index is 2.02. The van der Waals surface area contributed by atoms with Gasteiger partial charge in [-0.3, -0.25) is 9.36 Å². The molecule has 0 saturated heterocycles. The maximum Gasteiger partial charge on any atom is 0.262 e. The number of benzene rings is 3. The highest BCUT2D eigenvalue weighted by atomic mass is 79.9. The number of pyridine rings is 1. The largest absolute Gasteiger partial charge is 0.508 e. The Kier molecular flexibility index (Phi) is 4.46. The van der Waals surface area contributed by atoms with Gasteiger partial charge in [0.15, 0.2) is 0 Å². The van der Waals surface area contributed by atoms with Gasteiger partial charge in [0.25, 0.3) is 5.56 Å². The normalized spacial score (nSPS) is 11.0. The highest BCUT2D eigenvalue weighted by Crippen LogP contribution is 2.31. The number of phenolic OH excluding ortho intramolecular Hbond substituents is 2. The first-order valence-corrected chi connectivity index (χ1v) is 9.52. The average Bonchev–Trinajstić information content (AvgIpc) is 2.69. The van der Waals surface area contributed by atoms with Crippen LogP contribution in [0.25, 0.3) is 27.6 Å². The van der Waals surface area contributed by atoms with E-state index in [0.717, 1.165) is 27.7 Å². The van der Waals surface area contributed by atoms with Crippen molar-refractivity contribution in [2.75, 3.05) is 0 Å². The number of rotatable bonds is 3. The third-order valence-corrected chi connectivity index (χ3v) is 5.20. The summed E-state index contributed by atoms with van der Waals surface area (Å²) in [4.78, 5) is 13.1. The molecule has 1 heterocycles. The molecule has 4 rings (SSSR count). The minimum atomic E-state index is -0.154. The van der Waals surface area contributed by atoms with Crippen molar-refractivity contribution >= 4 is 26.7 Å². The first-order chi connectivity index (χ1) is 13.1. The van der Waals surface area contributed by atoms with E-state index in [9.17, 15) is 15.0 Å². The molecular weight excluding hydrogens is 406 g/mol. The minimum absolute atomic E-state index is 0.0985. The van der Waals surface area contributed by atoms with Crippen LogP contribution in [-0.2, 0) is 5.33 Å². The average molecular weight is 422 g/mol. The lowest BCUT2D eigenvalue weighted by atomic mass is 10.00. The molecule has 0 aliphatic carbocycles. The fourth-order valence-electron chi connectivity index (χ4n) is 3.14. The molecule has 0 saturated carbocycles. The van der Waals surface area contributed by atoms with Gasteiger partial charge in [0.1, 0.15) is 11.5 Å². The molecule has 0 spiro atoms. The monoisotopic (exact) mass is 421 g/mol. The predicted octanol–water partition coefficient (Wildman–Crippen LogP) is 4.96. The van der Waals surface area contributed by atoms with Gasteiger partial charge in [-0.25, -0.2) is 0 Å². The van der Waals surface area contributed by atoms with Crippen molar-refractivity contribution < 1.29 is 10.2 Å². The molecule has 4 nitrogen and oxygen atoms in total. The quantitative estimate of drug-likeness (QED) is 0.459. The number of alkyl halides is 1. The fourth-order valence-corrected chi connectivity index (χ4v) is 3.51. The first-order valence-electron chi connectivity index (χ1n) is 8.40. The van der Waals surface area contributed by atoms with Crippen molar-refractivity contribution in [3.8, 4) is 28.3 Å². The van der Waals surface area contributed by atoms with Crippen LogP contribution in [0.15, 0.2) is 77.7 Å². The van der Waals surface area contributed by atoms with Crippen molar-refractivity contribution in [3.05, 3.63) is 88.8 Å². The number of aromatic nitrogens is 1. The minimum Gasteiger partial charge on any atom is -0.508 e. The molecule has 0 radical (unpaired) electrons. The van der Waals surface area contributed by atoms with Crippen molar-refractivity contribution in [1.82, 2.24) is 4.57 Å². The second-order valence-electron chi connectivity index (χ2n) is 6.29. The summed E-state index contributed by atoms with van der Waals surface area (Å²) < 4.78 is 1.61. The number of fused-ring (bicyclic) bond motifs is 1. The molecule has 2 N–H and O–H groups in total. The zero-order chi connectivity index (χ0) is 19.0. The van der Waals surface area contributed by atoms with E-state index in [1.165, 1.54) is 6.07 Å². The van der Waals surface area contributed by atoms with E-state index in [1.807, 2.05) is 24.3 Å². The van der Waals surface area contributed by atoms with Crippen LogP contribution in [0, 0.1) is 0 Å². The molecule has 4 aromatic rings. The summed E-state index contributed by atoms with van der Waals surface area (Å²) in [7, 11) is 0. The third kappa shape index (κ3) is 3.22. The number of aromatic hydroxyl groups is 2. The molecule has 3 aromatic carbocycles. The smallest absolute Gasteiger partial charge is 0.262 e. The molecule has 5 heteroatoms. The van der Waals surface area contributed by atoms with Gasteiger partial charge in [0, 0.05) is 33.6 Å². The third-order valence-electron chi connectivity index (χ3n) is 4.55. The maximum absolute atomic E-state index is 13.1. The fraction of sp³-hybridized carbons (Fsp3) is 0.0455. The highest BCUT2D eigenvalue weighted by molar-refractivity contribution is 9.08. The second kappa shape index (κ2) is 6.93. The molecule has 27 heavy (non-hydrogen) atoms. The summed E-state index contributed by atoms with van der Waals surface area (Å²) >= 11 is 3.43. The van der Waals surface area contributed by atoms with E-state index in [2.05, 4.69) is 15.9 Å². The topological polar surface area (TPSA) is 62.5 Å². The Labute approximate surface area is 164 Å². The van der Waals surface area contributed by atoms with E-state index in [1.54, 1.807) is 47.2 Å².